The molecule has 0 radical (unpaired) electrons. The summed E-state index contributed by atoms with van der Waals surface area (Å²) in [5.74, 6) is 1.91. The van der Waals surface area contributed by atoms with Gasteiger partial charge in [0.25, 0.3) is 0 Å². The number of nitrogens with zero attached hydrogens (tertiary/aromatic N) is 3. The van der Waals surface area contributed by atoms with E-state index in [1.165, 1.54) is 16.2 Å². The minimum Gasteiger partial charge on any atom is -0.456 e. The van der Waals surface area contributed by atoms with E-state index in [2.05, 4.69) is 140 Å². The maximum atomic E-state index is 6.15. The molecule has 0 bridgehead atoms. The third-order valence-corrected chi connectivity index (χ3v) is 10.7. The highest BCUT2D eigenvalue weighted by atomic mass is 16.3. The zero-order valence-corrected chi connectivity index (χ0v) is 29.6. The second-order valence-corrected chi connectivity index (χ2v) is 14.0. The second kappa shape index (κ2) is 12.6. The van der Waals surface area contributed by atoms with Gasteiger partial charge < -0.3 is 4.42 Å². The van der Waals surface area contributed by atoms with Crippen LogP contribution >= 0.6 is 0 Å². The molecule has 55 heavy (non-hydrogen) atoms. The highest BCUT2D eigenvalue weighted by molar-refractivity contribution is 6.29. The van der Waals surface area contributed by atoms with Gasteiger partial charge in [0.05, 0.1) is 0 Å². The average Bonchev–Trinajstić information content (AvgIpc) is 3.65. The van der Waals surface area contributed by atoms with E-state index < -0.39 is 0 Å². The quantitative estimate of drug-likeness (QED) is 0.168. The van der Waals surface area contributed by atoms with Crippen molar-refractivity contribution >= 4 is 54.3 Å². The topological polar surface area (TPSA) is 51.8 Å². The van der Waals surface area contributed by atoms with Crippen LogP contribution in [0.5, 0.6) is 0 Å². The van der Waals surface area contributed by atoms with E-state index in [4.69, 9.17) is 19.4 Å². The molecule has 0 saturated carbocycles. The lowest BCUT2D eigenvalue weighted by atomic mass is 9.88. The van der Waals surface area contributed by atoms with Gasteiger partial charge in [0.15, 0.2) is 17.5 Å². The lowest BCUT2D eigenvalue weighted by Crippen LogP contribution is -2.01. The Balaban J connectivity index is 1.19. The van der Waals surface area contributed by atoms with Gasteiger partial charge in [-0.05, 0) is 85.6 Å². The van der Waals surface area contributed by atoms with E-state index in [1.807, 2.05) is 48.5 Å². The fourth-order valence-corrected chi connectivity index (χ4v) is 8.09. The number of benzene rings is 9. The van der Waals surface area contributed by atoms with Gasteiger partial charge in [-0.2, -0.15) is 0 Å². The molecule has 0 saturated heterocycles. The van der Waals surface area contributed by atoms with Crippen LogP contribution in [0.15, 0.2) is 192 Å². The van der Waals surface area contributed by atoms with Crippen molar-refractivity contribution in [1.29, 1.82) is 0 Å². The Hall–Kier alpha value is -7.43. The van der Waals surface area contributed by atoms with E-state index in [1.54, 1.807) is 0 Å². The Morgan fingerprint density at radius 3 is 1.44 bits per heavy atom. The van der Waals surface area contributed by atoms with Crippen molar-refractivity contribution in [2.75, 3.05) is 0 Å². The first-order valence-electron chi connectivity index (χ1n) is 18.5. The van der Waals surface area contributed by atoms with Crippen LogP contribution in [0.1, 0.15) is 0 Å². The summed E-state index contributed by atoms with van der Waals surface area (Å²) in [6.07, 6.45) is 0. The summed E-state index contributed by atoms with van der Waals surface area (Å²) in [5, 5.41) is 9.28. The molecule has 0 fully saturated rings. The van der Waals surface area contributed by atoms with Crippen LogP contribution in [-0.4, -0.2) is 15.0 Å². The van der Waals surface area contributed by atoms with Crippen LogP contribution in [-0.2, 0) is 0 Å². The van der Waals surface area contributed by atoms with Gasteiger partial charge in [0.1, 0.15) is 11.2 Å². The Labute approximate surface area is 317 Å². The van der Waals surface area contributed by atoms with Crippen LogP contribution in [0, 0.1) is 0 Å². The van der Waals surface area contributed by atoms with Crippen LogP contribution < -0.4 is 0 Å². The number of fused-ring (bicyclic) bond motifs is 9. The van der Waals surface area contributed by atoms with Gasteiger partial charge in [0.2, 0.25) is 0 Å². The van der Waals surface area contributed by atoms with Crippen molar-refractivity contribution < 1.29 is 4.42 Å². The van der Waals surface area contributed by atoms with Gasteiger partial charge in [-0.15, -0.1) is 0 Å². The fraction of sp³-hybridized carbons (Fsp3) is 0. The molecule has 0 unspecified atom stereocenters. The predicted octanol–water partition coefficient (Wildman–Crippen LogP) is 13.6. The van der Waals surface area contributed by atoms with Crippen molar-refractivity contribution in [1.82, 2.24) is 15.0 Å². The molecular weight excluding hydrogens is 671 g/mol. The van der Waals surface area contributed by atoms with E-state index >= 15 is 0 Å². The molecule has 0 spiro atoms. The molecule has 11 aromatic rings. The Bertz CT molecular complexity index is 3200. The zero-order chi connectivity index (χ0) is 36.3. The summed E-state index contributed by atoms with van der Waals surface area (Å²) in [6, 6.07) is 65.9. The predicted molar refractivity (Wildman–Crippen MR) is 227 cm³/mol. The summed E-state index contributed by atoms with van der Waals surface area (Å²) in [5.41, 5.74) is 9.09. The molecule has 4 heteroatoms. The molecule has 0 N–H and O–H groups in total. The van der Waals surface area contributed by atoms with Crippen molar-refractivity contribution in [2.24, 2.45) is 0 Å². The van der Waals surface area contributed by atoms with Gasteiger partial charge in [-0.3, -0.25) is 0 Å². The summed E-state index contributed by atoms with van der Waals surface area (Å²) in [6.45, 7) is 0. The molecular formula is C51H31N3O. The molecule has 11 rings (SSSR count). The lowest BCUT2D eigenvalue weighted by molar-refractivity contribution is 0.669. The molecule has 9 aromatic carbocycles. The molecule has 4 nitrogen and oxygen atoms in total. The molecule has 2 heterocycles. The van der Waals surface area contributed by atoms with Gasteiger partial charge in [-0.1, -0.05) is 152 Å². The summed E-state index contributed by atoms with van der Waals surface area (Å²) < 4.78 is 6.15. The highest BCUT2D eigenvalue weighted by Crippen LogP contribution is 2.43. The highest BCUT2D eigenvalue weighted by Gasteiger charge is 2.20. The Kier molecular flexibility index (Phi) is 7.14. The second-order valence-electron chi connectivity index (χ2n) is 14.0. The van der Waals surface area contributed by atoms with E-state index in [0.29, 0.717) is 17.5 Å². The monoisotopic (exact) mass is 701 g/mol. The SMILES string of the molecule is c1ccc(-c2nc(-c3ccccc3)nc(-c3cc(-c4cccc(-c5ccc6oc7ccccc7c6c5)c4)cc4c5ccccc5c5ccccc5c34)n2)cc1. The molecule has 0 atom stereocenters. The van der Waals surface area contributed by atoms with Crippen molar-refractivity contribution in [3.8, 4) is 56.4 Å². The summed E-state index contributed by atoms with van der Waals surface area (Å²) in [4.78, 5) is 15.5. The van der Waals surface area contributed by atoms with Crippen LogP contribution in [0.4, 0.5) is 0 Å². The molecule has 0 aliphatic rings. The summed E-state index contributed by atoms with van der Waals surface area (Å²) in [7, 11) is 0. The first-order chi connectivity index (χ1) is 27.2. The standard InChI is InChI=1S/C51H31N3O/c1-3-14-32(15-4-1)49-52-50(33-16-5-2-6-17-33)54-51(53-49)45-31-37(30-44-40-22-8-7-20-38(40)39-21-9-10-24-42(39)48(44)45)35-19-13-18-34(28-35)36-26-27-47-43(29-36)41-23-11-12-25-46(41)55-47/h1-31H. The number of para-hydroxylation sites is 1. The van der Waals surface area contributed by atoms with E-state index in [9.17, 15) is 0 Å². The third kappa shape index (κ3) is 5.26. The van der Waals surface area contributed by atoms with Gasteiger partial charge >= 0.3 is 0 Å². The largest absolute Gasteiger partial charge is 0.456 e. The minimum atomic E-state index is 0.633. The van der Waals surface area contributed by atoms with Gasteiger partial charge in [-0.25, -0.2) is 15.0 Å². The molecule has 0 aliphatic carbocycles. The van der Waals surface area contributed by atoms with Crippen molar-refractivity contribution in [2.45, 2.75) is 0 Å². The number of rotatable bonds is 5. The number of hydrogen-bond donors (Lipinski definition) is 0. The lowest BCUT2D eigenvalue weighted by Gasteiger charge is -2.17. The van der Waals surface area contributed by atoms with E-state index in [-0.39, 0.29) is 0 Å². The molecule has 0 amide bonds. The first kappa shape index (κ1) is 31.1. The van der Waals surface area contributed by atoms with Crippen LogP contribution in [0.3, 0.4) is 0 Å². The Morgan fingerprint density at radius 1 is 0.273 bits per heavy atom. The third-order valence-electron chi connectivity index (χ3n) is 10.7. The maximum Gasteiger partial charge on any atom is 0.164 e. The molecule has 2 aromatic heterocycles. The number of aromatic nitrogens is 3. The average molecular weight is 702 g/mol. The first-order valence-corrected chi connectivity index (χ1v) is 18.5. The normalized spacial score (nSPS) is 11.6. The van der Waals surface area contributed by atoms with E-state index in [0.717, 1.165) is 77.0 Å². The molecule has 256 valence electrons. The maximum absolute atomic E-state index is 6.15. The fourth-order valence-electron chi connectivity index (χ4n) is 8.09. The smallest absolute Gasteiger partial charge is 0.164 e. The van der Waals surface area contributed by atoms with Crippen LogP contribution in [0.2, 0.25) is 0 Å². The molecule has 0 aliphatic heterocycles. The summed E-state index contributed by atoms with van der Waals surface area (Å²) >= 11 is 0. The van der Waals surface area contributed by atoms with Gasteiger partial charge in [0, 0.05) is 32.8 Å². The Morgan fingerprint density at radius 2 is 0.745 bits per heavy atom. The van der Waals surface area contributed by atoms with Crippen molar-refractivity contribution in [3.05, 3.63) is 188 Å². The zero-order valence-electron chi connectivity index (χ0n) is 29.6. The van der Waals surface area contributed by atoms with Crippen molar-refractivity contribution in [3.63, 3.8) is 0 Å². The minimum absolute atomic E-state index is 0.633. The number of furan rings is 1. The van der Waals surface area contributed by atoms with Crippen LogP contribution in [0.25, 0.3) is 111 Å². The number of hydrogen-bond acceptors (Lipinski definition) is 4.